The van der Waals surface area contributed by atoms with Gasteiger partial charge in [0.1, 0.15) is 18.9 Å². The monoisotopic (exact) mass is 437 g/mol. The molecule has 2 bridgehead atoms. The van der Waals surface area contributed by atoms with Gasteiger partial charge in [0.15, 0.2) is 0 Å². The molecule has 2 saturated carbocycles. The van der Waals surface area contributed by atoms with Crippen LogP contribution < -0.4 is 10.1 Å². The summed E-state index contributed by atoms with van der Waals surface area (Å²) in [6, 6.07) is 24.3. The molecule has 2 aromatic carbocycles. The molecule has 33 heavy (non-hydrogen) atoms. The van der Waals surface area contributed by atoms with E-state index in [0.717, 1.165) is 23.8 Å². The molecule has 2 fully saturated rings. The van der Waals surface area contributed by atoms with E-state index in [4.69, 9.17) is 10.00 Å². The molecule has 5 nitrogen and oxygen atoms in total. The summed E-state index contributed by atoms with van der Waals surface area (Å²) in [5, 5.41) is 11.3. The highest BCUT2D eigenvalue weighted by Crippen LogP contribution is 2.60. The Kier molecular flexibility index (Phi) is 5.83. The van der Waals surface area contributed by atoms with E-state index in [1.165, 1.54) is 30.4 Å². The molecule has 0 spiro atoms. The van der Waals surface area contributed by atoms with Gasteiger partial charge in [-0.15, -0.1) is 0 Å². The third-order valence-corrected chi connectivity index (χ3v) is 7.32. The van der Waals surface area contributed by atoms with Crippen molar-refractivity contribution < 1.29 is 9.53 Å². The number of hydrogen-bond acceptors (Lipinski definition) is 4. The van der Waals surface area contributed by atoms with Crippen molar-refractivity contribution in [1.29, 1.82) is 5.26 Å². The maximum atomic E-state index is 12.2. The van der Waals surface area contributed by atoms with E-state index in [2.05, 4.69) is 46.7 Å². The summed E-state index contributed by atoms with van der Waals surface area (Å²) in [6.07, 6.45) is 6.74. The average Bonchev–Trinajstić information content (AvgIpc) is 3.49. The molecule has 0 aliphatic heterocycles. The fourth-order valence-electron chi connectivity index (χ4n) is 5.83. The van der Waals surface area contributed by atoms with Gasteiger partial charge in [-0.2, -0.15) is 5.26 Å². The lowest BCUT2D eigenvalue weighted by Gasteiger charge is -2.39. The molecule has 1 N–H and O–H groups in total. The Bertz CT molecular complexity index is 1150. The maximum Gasteiger partial charge on any atom is 0.252 e. The van der Waals surface area contributed by atoms with Crippen molar-refractivity contribution in [2.75, 3.05) is 6.54 Å². The van der Waals surface area contributed by atoms with Crippen LogP contribution in [-0.4, -0.2) is 17.4 Å². The molecule has 0 unspecified atom stereocenters. The van der Waals surface area contributed by atoms with Gasteiger partial charge in [0, 0.05) is 17.2 Å². The first-order valence-corrected chi connectivity index (χ1v) is 11.6. The van der Waals surface area contributed by atoms with E-state index in [1.807, 2.05) is 36.4 Å². The SMILES string of the molecule is N#CCNC(=O)c1ccc([C@]2(c3ccc(OCc4ccccn4)cc3)C[C@@H]3CC[C@H]2C3)cc1. The topological polar surface area (TPSA) is 75.0 Å². The highest BCUT2D eigenvalue weighted by Gasteiger charge is 2.52. The molecule has 5 heteroatoms. The number of nitrogens with zero attached hydrogens (tertiary/aromatic N) is 2. The highest BCUT2D eigenvalue weighted by molar-refractivity contribution is 5.94. The largest absolute Gasteiger partial charge is 0.487 e. The van der Waals surface area contributed by atoms with Crippen molar-refractivity contribution in [2.45, 2.75) is 37.7 Å². The van der Waals surface area contributed by atoms with Gasteiger partial charge in [-0.25, -0.2) is 0 Å². The third kappa shape index (κ3) is 4.09. The molecule has 3 aromatic rings. The summed E-state index contributed by atoms with van der Waals surface area (Å²) in [4.78, 5) is 16.6. The number of nitrogens with one attached hydrogen (secondary N) is 1. The Morgan fingerprint density at radius 2 is 1.82 bits per heavy atom. The van der Waals surface area contributed by atoms with E-state index in [0.29, 0.717) is 18.1 Å². The first-order valence-electron chi connectivity index (χ1n) is 11.6. The number of ether oxygens (including phenoxy) is 1. The molecule has 5 rings (SSSR count). The summed E-state index contributed by atoms with van der Waals surface area (Å²) in [6.45, 7) is 0.467. The summed E-state index contributed by atoms with van der Waals surface area (Å²) in [5.41, 5.74) is 4.07. The second-order valence-electron chi connectivity index (χ2n) is 9.10. The highest BCUT2D eigenvalue weighted by atomic mass is 16.5. The molecular weight excluding hydrogens is 410 g/mol. The summed E-state index contributed by atoms with van der Waals surface area (Å²) >= 11 is 0. The molecular formula is C28H27N3O2. The minimum absolute atomic E-state index is 0.0169. The van der Waals surface area contributed by atoms with Gasteiger partial charge in [-0.05, 0) is 78.6 Å². The van der Waals surface area contributed by atoms with Crippen LogP contribution in [0.5, 0.6) is 5.75 Å². The second kappa shape index (κ2) is 9.07. The van der Waals surface area contributed by atoms with Gasteiger partial charge in [-0.1, -0.05) is 36.8 Å². The molecule has 0 saturated heterocycles. The minimum Gasteiger partial charge on any atom is -0.487 e. The van der Waals surface area contributed by atoms with Crippen LogP contribution in [0.3, 0.4) is 0 Å². The van der Waals surface area contributed by atoms with Crippen molar-refractivity contribution in [3.8, 4) is 11.8 Å². The Hall–Kier alpha value is -3.65. The van der Waals surface area contributed by atoms with E-state index in [9.17, 15) is 4.79 Å². The van der Waals surface area contributed by atoms with E-state index >= 15 is 0 Å². The van der Waals surface area contributed by atoms with Crippen molar-refractivity contribution >= 4 is 5.91 Å². The van der Waals surface area contributed by atoms with Crippen molar-refractivity contribution in [1.82, 2.24) is 10.3 Å². The van der Waals surface area contributed by atoms with Gasteiger partial charge in [0.25, 0.3) is 5.91 Å². The number of benzene rings is 2. The van der Waals surface area contributed by atoms with E-state index in [1.54, 1.807) is 6.20 Å². The molecule has 1 heterocycles. The van der Waals surface area contributed by atoms with Crippen LogP contribution >= 0.6 is 0 Å². The van der Waals surface area contributed by atoms with Gasteiger partial charge in [0.2, 0.25) is 0 Å². The van der Waals surface area contributed by atoms with Crippen LogP contribution in [0, 0.1) is 23.2 Å². The Morgan fingerprint density at radius 1 is 1.06 bits per heavy atom. The first-order chi connectivity index (χ1) is 16.2. The van der Waals surface area contributed by atoms with Gasteiger partial charge in [0.05, 0.1) is 11.8 Å². The first kappa shape index (κ1) is 21.2. The molecule has 3 atom stereocenters. The minimum atomic E-state index is -0.209. The number of rotatable bonds is 7. The third-order valence-electron chi connectivity index (χ3n) is 7.32. The Morgan fingerprint density at radius 3 is 2.42 bits per heavy atom. The molecule has 1 amide bonds. The summed E-state index contributed by atoms with van der Waals surface area (Å²) in [7, 11) is 0. The number of carbonyl (C=O) groups excluding carboxylic acids is 1. The number of fused-ring (bicyclic) bond motifs is 2. The lowest BCUT2D eigenvalue weighted by atomic mass is 9.64. The zero-order valence-corrected chi connectivity index (χ0v) is 18.5. The number of hydrogen-bond donors (Lipinski definition) is 1. The zero-order chi connectivity index (χ0) is 22.7. The lowest BCUT2D eigenvalue weighted by Crippen LogP contribution is -2.34. The smallest absolute Gasteiger partial charge is 0.252 e. The number of nitriles is 1. The quantitative estimate of drug-likeness (QED) is 0.527. The Balaban J connectivity index is 1.39. The van der Waals surface area contributed by atoms with Gasteiger partial charge in [-0.3, -0.25) is 9.78 Å². The lowest BCUT2D eigenvalue weighted by molar-refractivity contribution is 0.0958. The standard InChI is InChI=1S/C28H27N3O2/c29-14-16-31-27(32)21-5-8-22(9-6-21)28(18-20-4-7-24(28)17-20)23-10-12-26(13-11-23)33-19-25-3-1-2-15-30-25/h1-3,5-6,8-13,15,20,24H,4,7,16-19H2,(H,31,32)/t20-,24+,28+/m1/s1. The summed E-state index contributed by atoms with van der Waals surface area (Å²) in [5.74, 6) is 2.00. The van der Waals surface area contributed by atoms with E-state index in [-0.39, 0.29) is 17.9 Å². The average molecular weight is 438 g/mol. The van der Waals surface area contributed by atoms with Crippen LogP contribution in [0.2, 0.25) is 0 Å². The van der Waals surface area contributed by atoms with Crippen molar-refractivity contribution in [3.05, 3.63) is 95.3 Å². The van der Waals surface area contributed by atoms with Crippen LogP contribution in [-0.2, 0) is 12.0 Å². The zero-order valence-electron chi connectivity index (χ0n) is 18.5. The number of aromatic nitrogens is 1. The fourth-order valence-corrected chi connectivity index (χ4v) is 5.83. The molecule has 2 aliphatic carbocycles. The van der Waals surface area contributed by atoms with Crippen molar-refractivity contribution in [2.24, 2.45) is 11.8 Å². The van der Waals surface area contributed by atoms with Gasteiger partial charge >= 0.3 is 0 Å². The number of carbonyl (C=O) groups is 1. The van der Waals surface area contributed by atoms with Crippen LogP contribution in [0.15, 0.2) is 72.9 Å². The molecule has 2 aliphatic rings. The van der Waals surface area contributed by atoms with E-state index < -0.39 is 0 Å². The van der Waals surface area contributed by atoms with Gasteiger partial charge < -0.3 is 10.1 Å². The van der Waals surface area contributed by atoms with Crippen molar-refractivity contribution in [3.63, 3.8) is 0 Å². The molecule has 0 radical (unpaired) electrons. The Labute approximate surface area is 194 Å². The molecule has 166 valence electrons. The second-order valence-corrected chi connectivity index (χ2v) is 9.10. The number of pyridine rings is 1. The number of amides is 1. The predicted molar refractivity (Wildman–Crippen MR) is 126 cm³/mol. The van der Waals surface area contributed by atoms with Crippen LogP contribution in [0.4, 0.5) is 0 Å². The van der Waals surface area contributed by atoms with Crippen LogP contribution in [0.1, 0.15) is 52.9 Å². The molecule has 1 aromatic heterocycles. The maximum absolute atomic E-state index is 12.2. The fraction of sp³-hybridized carbons (Fsp3) is 0.321. The normalized spacial score (nSPS) is 23.1. The summed E-state index contributed by atoms with van der Waals surface area (Å²) < 4.78 is 5.95. The predicted octanol–water partition coefficient (Wildman–Crippen LogP) is 5.02. The van der Waals surface area contributed by atoms with Crippen LogP contribution in [0.25, 0.3) is 0 Å².